The van der Waals surface area contributed by atoms with Crippen molar-refractivity contribution in [1.82, 2.24) is 15.3 Å². The second-order valence-corrected chi connectivity index (χ2v) is 4.88. The van der Waals surface area contributed by atoms with Crippen LogP contribution in [0.4, 0.5) is 5.82 Å². The van der Waals surface area contributed by atoms with Crippen molar-refractivity contribution in [1.29, 1.82) is 0 Å². The first-order valence-corrected chi connectivity index (χ1v) is 6.80. The molecule has 2 heterocycles. The van der Waals surface area contributed by atoms with E-state index in [1.807, 2.05) is 0 Å². The van der Waals surface area contributed by atoms with E-state index in [1.165, 1.54) is 12.8 Å². The zero-order valence-electron chi connectivity index (χ0n) is 11.0. The van der Waals surface area contributed by atoms with Crippen molar-refractivity contribution in [3.63, 3.8) is 0 Å². The van der Waals surface area contributed by atoms with Crippen molar-refractivity contribution >= 4 is 5.82 Å². The van der Waals surface area contributed by atoms with Crippen LogP contribution in [0.1, 0.15) is 26.2 Å². The Labute approximate surface area is 108 Å². The van der Waals surface area contributed by atoms with Gasteiger partial charge in [0.2, 0.25) is 0 Å². The fourth-order valence-corrected chi connectivity index (χ4v) is 2.50. The molecule has 0 atom stereocenters. The SMILES string of the molecule is CCCN(CC1CCNCC1)c1ncc[nH]c1=O. The van der Waals surface area contributed by atoms with Crippen LogP contribution in [0.3, 0.4) is 0 Å². The van der Waals surface area contributed by atoms with E-state index in [0.717, 1.165) is 32.6 Å². The van der Waals surface area contributed by atoms with E-state index in [9.17, 15) is 4.79 Å². The number of anilines is 1. The summed E-state index contributed by atoms with van der Waals surface area (Å²) in [5.74, 6) is 1.23. The van der Waals surface area contributed by atoms with Crippen LogP contribution in [0.25, 0.3) is 0 Å². The van der Waals surface area contributed by atoms with E-state index >= 15 is 0 Å². The van der Waals surface area contributed by atoms with Crippen LogP contribution in [0.2, 0.25) is 0 Å². The predicted octanol–water partition coefficient (Wildman–Crippen LogP) is 0.986. The molecule has 0 aromatic carbocycles. The number of hydrogen-bond donors (Lipinski definition) is 2. The summed E-state index contributed by atoms with van der Waals surface area (Å²) in [7, 11) is 0. The van der Waals surface area contributed by atoms with Crippen molar-refractivity contribution < 1.29 is 0 Å². The molecule has 2 N–H and O–H groups in total. The first kappa shape index (κ1) is 13.1. The molecule has 5 nitrogen and oxygen atoms in total. The molecular formula is C13H22N4O. The smallest absolute Gasteiger partial charge is 0.290 e. The maximum Gasteiger partial charge on any atom is 0.290 e. The number of aromatic amines is 1. The third kappa shape index (κ3) is 3.32. The van der Waals surface area contributed by atoms with Gasteiger partial charge in [-0.15, -0.1) is 0 Å². The molecule has 0 amide bonds. The minimum absolute atomic E-state index is 0.0834. The van der Waals surface area contributed by atoms with Crippen LogP contribution in [0.5, 0.6) is 0 Å². The second-order valence-electron chi connectivity index (χ2n) is 4.88. The molecule has 100 valence electrons. The number of H-pyrrole nitrogens is 1. The van der Waals surface area contributed by atoms with Gasteiger partial charge in [0, 0.05) is 25.5 Å². The minimum atomic E-state index is -0.0834. The van der Waals surface area contributed by atoms with Gasteiger partial charge in [-0.05, 0) is 38.3 Å². The highest BCUT2D eigenvalue weighted by Crippen LogP contribution is 2.16. The summed E-state index contributed by atoms with van der Waals surface area (Å²) in [6.45, 7) is 6.14. The molecule has 1 aliphatic rings. The third-order valence-electron chi connectivity index (χ3n) is 3.42. The quantitative estimate of drug-likeness (QED) is 0.818. The summed E-state index contributed by atoms with van der Waals surface area (Å²) < 4.78 is 0. The normalized spacial score (nSPS) is 16.7. The Morgan fingerprint density at radius 1 is 1.44 bits per heavy atom. The van der Waals surface area contributed by atoms with Crippen molar-refractivity contribution in [3.8, 4) is 0 Å². The van der Waals surface area contributed by atoms with E-state index < -0.39 is 0 Å². The lowest BCUT2D eigenvalue weighted by Gasteiger charge is -2.30. The summed E-state index contributed by atoms with van der Waals surface area (Å²) in [6, 6.07) is 0. The van der Waals surface area contributed by atoms with Crippen molar-refractivity contribution in [2.75, 3.05) is 31.1 Å². The van der Waals surface area contributed by atoms with Gasteiger partial charge < -0.3 is 15.2 Å². The summed E-state index contributed by atoms with van der Waals surface area (Å²) in [4.78, 5) is 20.9. The fraction of sp³-hybridized carbons (Fsp3) is 0.692. The molecule has 0 bridgehead atoms. The number of nitrogens with one attached hydrogen (secondary N) is 2. The molecule has 1 fully saturated rings. The van der Waals surface area contributed by atoms with E-state index in [4.69, 9.17) is 0 Å². The number of piperidine rings is 1. The standard InChI is InChI=1S/C13H22N4O/c1-2-9-17(10-11-3-5-14-6-4-11)12-13(18)16-8-7-15-12/h7-8,11,14H,2-6,9-10H2,1H3,(H,16,18). The van der Waals surface area contributed by atoms with Crippen LogP contribution in [-0.2, 0) is 0 Å². The Morgan fingerprint density at radius 3 is 2.89 bits per heavy atom. The average molecular weight is 250 g/mol. The molecule has 0 unspecified atom stereocenters. The van der Waals surface area contributed by atoms with Crippen LogP contribution in [0, 0.1) is 5.92 Å². The Hall–Kier alpha value is -1.36. The minimum Gasteiger partial charge on any atom is -0.352 e. The molecule has 5 heteroatoms. The predicted molar refractivity (Wildman–Crippen MR) is 73.0 cm³/mol. The highest BCUT2D eigenvalue weighted by Gasteiger charge is 2.19. The fourth-order valence-electron chi connectivity index (χ4n) is 2.50. The first-order chi connectivity index (χ1) is 8.81. The largest absolute Gasteiger partial charge is 0.352 e. The van der Waals surface area contributed by atoms with Gasteiger partial charge in [0.1, 0.15) is 0 Å². The monoisotopic (exact) mass is 250 g/mol. The zero-order chi connectivity index (χ0) is 12.8. The summed E-state index contributed by atoms with van der Waals surface area (Å²) in [5.41, 5.74) is -0.0834. The molecule has 18 heavy (non-hydrogen) atoms. The Balaban J connectivity index is 2.07. The molecule has 1 aromatic rings. The van der Waals surface area contributed by atoms with E-state index in [0.29, 0.717) is 11.7 Å². The molecule has 2 rings (SSSR count). The van der Waals surface area contributed by atoms with E-state index in [2.05, 4.69) is 27.1 Å². The Morgan fingerprint density at radius 2 is 2.22 bits per heavy atom. The van der Waals surface area contributed by atoms with Gasteiger partial charge >= 0.3 is 0 Å². The van der Waals surface area contributed by atoms with Gasteiger partial charge in [0.05, 0.1) is 0 Å². The molecule has 0 saturated carbocycles. The molecule has 1 saturated heterocycles. The highest BCUT2D eigenvalue weighted by atomic mass is 16.1. The van der Waals surface area contributed by atoms with Crippen molar-refractivity contribution in [2.45, 2.75) is 26.2 Å². The van der Waals surface area contributed by atoms with Gasteiger partial charge in [-0.2, -0.15) is 0 Å². The number of nitrogens with zero attached hydrogens (tertiary/aromatic N) is 2. The van der Waals surface area contributed by atoms with Gasteiger partial charge in [-0.1, -0.05) is 6.92 Å². The van der Waals surface area contributed by atoms with Gasteiger partial charge in [-0.25, -0.2) is 4.98 Å². The molecular weight excluding hydrogens is 228 g/mol. The Kier molecular flexibility index (Phi) is 4.75. The molecule has 1 aromatic heterocycles. The van der Waals surface area contributed by atoms with Crippen LogP contribution in [-0.4, -0.2) is 36.1 Å². The number of rotatable bonds is 5. The molecule has 0 spiro atoms. The first-order valence-electron chi connectivity index (χ1n) is 6.80. The zero-order valence-corrected chi connectivity index (χ0v) is 11.0. The van der Waals surface area contributed by atoms with Crippen molar-refractivity contribution in [2.24, 2.45) is 5.92 Å². The van der Waals surface area contributed by atoms with Crippen molar-refractivity contribution in [3.05, 3.63) is 22.7 Å². The maximum atomic E-state index is 11.8. The third-order valence-corrected chi connectivity index (χ3v) is 3.42. The van der Waals surface area contributed by atoms with Crippen LogP contribution in [0.15, 0.2) is 17.2 Å². The van der Waals surface area contributed by atoms with Crippen LogP contribution >= 0.6 is 0 Å². The average Bonchev–Trinajstić information content (AvgIpc) is 2.40. The van der Waals surface area contributed by atoms with Gasteiger partial charge in [-0.3, -0.25) is 4.79 Å². The lowest BCUT2D eigenvalue weighted by Crippen LogP contribution is -2.39. The lowest BCUT2D eigenvalue weighted by molar-refractivity contribution is 0.372. The summed E-state index contributed by atoms with van der Waals surface area (Å²) in [5, 5.41) is 3.37. The Bertz CT molecular complexity index is 411. The number of aromatic nitrogens is 2. The second kappa shape index (κ2) is 6.54. The molecule has 0 aliphatic carbocycles. The summed E-state index contributed by atoms with van der Waals surface area (Å²) in [6.07, 6.45) is 6.64. The van der Waals surface area contributed by atoms with Gasteiger partial charge in [0.15, 0.2) is 5.82 Å². The van der Waals surface area contributed by atoms with E-state index in [-0.39, 0.29) is 5.56 Å². The van der Waals surface area contributed by atoms with Crippen LogP contribution < -0.4 is 15.8 Å². The maximum absolute atomic E-state index is 11.8. The molecule has 1 aliphatic heterocycles. The topological polar surface area (TPSA) is 61.0 Å². The highest BCUT2D eigenvalue weighted by molar-refractivity contribution is 5.35. The summed E-state index contributed by atoms with van der Waals surface area (Å²) >= 11 is 0. The van der Waals surface area contributed by atoms with E-state index in [1.54, 1.807) is 12.4 Å². The number of hydrogen-bond acceptors (Lipinski definition) is 4. The van der Waals surface area contributed by atoms with Gasteiger partial charge in [0.25, 0.3) is 5.56 Å². The lowest BCUT2D eigenvalue weighted by atomic mass is 9.97. The molecule has 0 radical (unpaired) electrons.